The van der Waals surface area contributed by atoms with E-state index in [1.165, 1.54) is 12.1 Å². The van der Waals surface area contributed by atoms with E-state index in [-0.39, 0.29) is 28.9 Å². The first-order valence-corrected chi connectivity index (χ1v) is 8.06. The van der Waals surface area contributed by atoms with Crippen molar-refractivity contribution in [2.45, 2.75) is 39.3 Å². The Labute approximate surface area is 147 Å². The lowest BCUT2D eigenvalue weighted by atomic mass is 10.1. The fourth-order valence-electron chi connectivity index (χ4n) is 2.24. The highest BCUT2D eigenvalue weighted by atomic mass is 16.5. The molecule has 0 spiro atoms. The van der Waals surface area contributed by atoms with Crippen LogP contribution in [0.1, 0.15) is 38.1 Å². The zero-order valence-corrected chi connectivity index (χ0v) is 15.2. The lowest BCUT2D eigenvalue weighted by Crippen LogP contribution is -2.22. The van der Waals surface area contributed by atoms with Gasteiger partial charge in [0.05, 0.1) is 12.1 Å². The zero-order chi connectivity index (χ0) is 18.6. The smallest absolute Gasteiger partial charge is 0.257 e. The van der Waals surface area contributed by atoms with E-state index < -0.39 is 0 Å². The minimum absolute atomic E-state index is 0.0486. The van der Waals surface area contributed by atoms with Crippen LogP contribution < -0.4 is 10.1 Å². The van der Waals surface area contributed by atoms with Crippen LogP contribution in [0.3, 0.4) is 0 Å². The van der Waals surface area contributed by atoms with Crippen LogP contribution in [0.5, 0.6) is 11.5 Å². The van der Waals surface area contributed by atoms with Gasteiger partial charge in [0.2, 0.25) is 0 Å². The highest BCUT2D eigenvalue weighted by Crippen LogP contribution is 2.24. The maximum absolute atomic E-state index is 12.4. The summed E-state index contributed by atoms with van der Waals surface area (Å²) in [6, 6.07) is 6.13. The number of hydrogen-bond acceptors (Lipinski definition) is 5. The summed E-state index contributed by atoms with van der Waals surface area (Å²) in [5.74, 6) is 0.417. The number of nitrogens with one attached hydrogen (secondary N) is 1. The molecule has 0 unspecified atom stereocenters. The molecule has 7 heteroatoms. The van der Waals surface area contributed by atoms with Gasteiger partial charge in [-0.3, -0.25) is 9.48 Å². The van der Waals surface area contributed by atoms with Crippen LogP contribution in [0, 0.1) is 0 Å². The number of carbonyl (C=O) groups is 1. The number of methoxy groups -OCH3 is 1. The van der Waals surface area contributed by atoms with Gasteiger partial charge in [-0.1, -0.05) is 0 Å². The summed E-state index contributed by atoms with van der Waals surface area (Å²) < 4.78 is 12.4. The number of phenols is 1. The van der Waals surface area contributed by atoms with Gasteiger partial charge in [-0.05, 0) is 39.8 Å². The average Bonchev–Trinajstić information content (AvgIpc) is 2.95. The average molecular weight is 347 g/mol. The van der Waals surface area contributed by atoms with E-state index in [1.54, 1.807) is 30.1 Å². The highest BCUT2D eigenvalue weighted by molar-refractivity contribution is 6.04. The highest BCUT2D eigenvalue weighted by Gasteiger charge is 2.16. The van der Waals surface area contributed by atoms with Gasteiger partial charge in [0, 0.05) is 31.0 Å². The van der Waals surface area contributed by atoms with Crippen molar-refractivity contribution in [3.63, 3.8) is 0 Å². The maximum atomic E-state index is 12.4. The number of phenolic OH excluding ortho intramolecular Hbond substituents is 1. The van der Waals surface area contributed by atoms with Gasteiger partial charge in [-0.2, -0.15) is 5.10 Å². The summed E-state index contributed by atoms with van der Waals surface area (Å²) in [5, 5.41) is 16.9. The largest absolute Gasteiger partial charge is 0.508 e. The molecule has 1 aromatic carbocycles. The van der Waals surface area contributed by atoms with Crippen LogP contribution >= 0.6 is 0 Å². The van der Waals surface area contributed by atoms with Crippen LogP contribution in [0.4, 0.5) is 5.82 Å². The molecule has 0 saturated carbocycles. The van der Waals surface area contributed by atoms with Gasteiger partial charge in [0.25, 0.3) is 5.91 Å². The standard InChI is InChI=1S/C18H25N3O4/c1-12(11-24-5)25-15-9-13(8-14(22)10-15)17(23)19-16-6-7-21(20-16)18(2,3)4/h6-10,12,22H,11H2,1-5H3,(H,19,20,23)/t12-/m0/s1. The van der Waals surface area contributed by atoms with Crippen molar-refractivity contribution in [2.24, 2.45) is 0 Å². The molecule has 7 nitrogen and oxygen atoms in total. The number of amides is 1. The Kier molecular flexibility index (Phi) is 5.69. The van der Waals surface area contributed by atoms with Gasteiger partial charge in [0.1, 0.15) is 17.6 Å². The molecular weight excluding hydrogens is 322 g/mol. The molecule has 2 aromatic rings. The van der Waals surface area contributed by atoms with E-state index in [9.17, 15) is 9.90 Å². The fourth-order valence-corrected chi connectivity index (χ4v) is 2.24. The Morgan fingerprint density at radius 1 is 1.36 bits per heavy atom. The van der Waals surface area contributed by atoms with Crippen LogP contribution in [0.15, 0.2) is 30.5 Å². The quantitative estimate of drug-likeness (QED) is 0.839. The molecule has 0 aliphatic rings. The SMILES string of the molecule is COC[C@H](C)Oc1cc(O)cc(C(=O)Nc2ccn(C(C)(C)C)n2)c1. The summed E-state index contributed by atoms with van der Waals surface area (Å²) in [7, 11) is 1.58. The summed E-state index contributed by atoms with van der Waals surface area (Å²) >= 11 is 0. The van der Waals surface area contributed by atoms with E-state index in [0.717, 1.165) is 0 Å². The molecule has 1 aromatic heterocycles. The number of aromatic nitrogens is 2. The Morgan fingerprint density at radius 2 is 2.08 bits per heavy atom. The third kappa shape index (κ3) is 5.22. The van der Waals surface area contributed by atoms with Crippen LogP contribution in [0.2, 0.25) is 0 Å². The second-order valence-corrected chi connectivity index (χ2v) is 6.87. The molecule has 0 bridgehead atoms. The maximum Gasteiger partial charge on any atom is 0.257 e. The van der Waals surface area contributed by atoms with Crippen molar-refractivity contribution in [3.8, 4) is 11.5 Å². The first kappa shape index (κ1) is 18.8. The summed E-state index contributed by atoms with van der Waals surface area (Å²) in [6.07, 6.45) is 1.60. The van der Waals surface area contributed by atoms with E-state index in [4.69, 9.17) is 9.47 Å². The minimum Gasteiger partial charge on any atom is -0.508 e. The predicted octanol–water partition coefficient (Wildman–Crippen LogP) is 3.01. The number of anilines is 1. The number of carbonyl (C=O) groups excluding carboxylic acids is 1. The van der Waals surface area contributed by atoms with E-state index >= 15 is 0 Å². The lowest BCUT2D eigenvalue weighted by molar-refractivity contribution is 0.0915. The molecule has 0 aliphatic heterocycles. The first-order valence-electron chi connectivity index (χ1n) is 8.06. The molecule has 2 rings (SSSR count). The van der Waals surface area contributed by atoms with Crippen LogP contribution in [0.25, 0.3) is 0 Å². The third-order valence-electron chi connectivity index (χ3n) is 3.41. The third-order valence-corrected chi connectivity index (χ3v) is 3.41. The van der Waals surface area contributed by atoms with Crippen molar-refractivity contribution in [1.29, 1.82) is 0 Å². The van der Waals surface area contributed by atoms with Gasteiger partial charge in [-0.15, -0.1) is 0 Å². The number of benzene rings is 1. The predicted molar refractivity (Wildman–Crippen MR) is 95.2 cm³/mol. The molecule has 1 amide bonds. The number of hydrogen-bond donors (Lipinski definition) is 2. The Hall–Kier alpha value is -2.54. The van der Waals surface area contributed by atoms with Crippen molar-refractivity contribution >= 4 is 11.7 Å². The summed E-state index contributed by atoms with van der Waals surface area (Å²) in [6.45, 7) is 8.30. The van der Waals surface area contributed by atoms with E-state index in [0.29, 0.717) is 18.2 Å². The molecule has 1 heterocycles. The van der Waals surface area contributed by atoms with Crippen LogP contribution in [-0.4, -0.2) is 40.6 Å². The molecule has 0 radical (unpaired) electrons. The number of nitrogens with zero attached hydrogens (tertiary/aromatic N) is 2. The van der Waals surface area contributed by atoms with Gasteiger partial charge < -0.3 is 19.9 Å². The van der Waals surface area contributed by atoms with Gasteiger partial charge in [0.15, 0.2) is 5.82 Å². The first-order chi connectivity index (χ1) is 11.7. The van der Waals surface area contributed by atoms with Gasteiger partial charge >= 0.3 is 0 Å². The number of aromatic hydroxyl groups is 1. The molecule has 1 atom stereocenters. The molecule has 25 heavy (non-hydrogen) atoms. The molecule has 0 aliphatic carbocycles. The van der Waals surface area contributed by atoms with Crippen LogP contribution in [-0.2, 0) is 10.3 Å². The zero-order valence-electron chi connectivity index (χ0n) is 15.2. The topological polar surface area (TPSA) is 85.6 Å². The van der Waals surface area contributed by atoms with Crippen molar-refractivity contribution in [3.05, 3.63) is 36.0 Å². The summed E-state index contributed by atoms with van der Waals surface area (Å²) in [4.78, 5) is 12.4. The van der Waals surface area contributed by atoms with E-state index in [2.05, 4.69) is 10.4 Å². The monoisotopic (exact) mass is 347 g/mol. The number of ether oxygens (including phenoxy) is 2. The lowest BCUT2D eigenvalue weighted by Gasteiger charge is -2.18. The minimum atomic E-state index is -0.376. The Morgan fingerprint density at radius 3 is 2.68 bits per heavy atom. The molecule has 0 saturated heterocycles. The molecule has 136 valence electrons. The summed E-state index contributed by atoms with van der Waals surface area (Å²) in [5.41, 5.74) is 0.108. The van der Waals surface area contributed by atoms with Crippen molar-refractivity contribution in [1.82, 2.24) is 9.78 Å². The molecular formula is C18H25N3O4. The number of rotatable bonds is 6. The molecule has 2 N–H and O–H groups in total. The van der Waals surface area contributed by atoms with Crippen molar-refractivity contribution in [2.75, 3.05) is 19.0 Å². The second-order valence-electron chi connectivity index (χ2n) is 6.87. The molecule has 0 fully saturated rings. The second kappa shape index (κ2) is 7.57. The van der Waals surface area contributed by atoms with E-state index in [1.807, 2.05) is 27.7 Å². The van der Waals surface area contributed by atoms with Crippen molar-refractivity contribution < 1.29 is 19.4 Å². The normalized spacial score (nSPS) is 12.7. The Bertz CT molecular complexity index is 734. The fraction of sp³-hybridized carbons (Fsp3) is 0.444. The van der Waals surface area contributed by atoms with Gasteiger partial charge in [-0.25, -0.2) is 0 Å². The Balaban J connectivity index is 2.13.